The van der Waals surface area contributed by atoms with E-state index in [0.717, 1.165) is 18.7 Å². The first kappa shape index (κ1) is 15.0. The van der Waals surface area contributed by atoms with E-state index in [-0.39, 0.29) is 0 Å². The van der Waals surface area contributed by atoms with Gasteiger partial charge in [0.1, 0.15) is 5.75 Å². The van der Waals surface area contributed by atoms with Crippen molar-refractivity contribution in [2.24, 2.45) is 0 Å². The molecule has 0 amide bonds. The molecule has 0 aliphatic carbocycles. The lowest BCUT2D eigenvalue weighted by molar-refractivity contribution is 0.313. The summed E-state index contributed by atoms with van der Waals surface area (Å²) in [5.41, 5.74) is 7.85. The molecule has 0 radical (unpaired) electrons. The van der Waals surface area contributed by atoms with E-state index < -0.39 is 0 Å². The maximum atomic E-state index is 5.96. The van der Waals surface area contributed by atoms with Gasteiger partial charge in [-0.15, -0.1) is 0 Å². The first-order valence-corrected chi connectivity index (χ1v) is 7.55. The van der Waals surface area contributed by atoms with Crippen molar-refractivity contribution in [1.29, 1.82) is 0 Å². The molecule has 112 valence electrons. The van der Waals surface area contributed by atoms with Gasteiger partial charge >= 0.3 is 0 Å². The number of nitrogens with two attached hydrogens (primary N) is 1. The molecule has 1 aliphatic rings. The van der Waals surface area contributed by atoms with Crippen LogP contribution < -0.4 is 15.4 Å². The monoisotopic (exact) mass is 277 g/mol. The van der Waals surface area contributed by atoms with E-state index in [2.05, 4.69) is 43.0 Å². The van der Waals surface area contributed by atoms with Gasteiger partial charge in [0.15, 0.2) is 0 Å². The molecule has 1 heterocycles. The minimum Gasteiger partial charge on any atom is -0.491 e. The van der Waals surface area contributed by atoms with Crippen LogP contribution in [0.25, 0.3) is 0 Å². The molecule has 1 aliphatic heterocycles. The van der Waals surface area contributed by atoms with Crippen molar-refractivity contribution in [2.45, 2.75) is 32.2 Å². The standard InChI is InChI=1S/C16H27N3O/c1-4-10-20-16-11-13(7-8-15(16)17)19(3)12-14-6-5-9-18(14)2/h7-8,11,14H,4-6,9-10,12,17H2,1-3H3. The summed E-state index contributed by atoms with van der Waals surface area (Å²) in [5, 5.41) is 0. The second kappa shape index (κ2) is 6.84. The Bertz CT molecular complexity index is 436. The van der Waals surface area contributed by atoms with Crippen LogP contribution in [0, 0.1) is 0 Å². The summed E-state index contributed by atoms with van der Waals surface area (Å²) in [5.74, 6) is 0.802. The lowest BCUT2D eigenvalue weighted by Crippen LogP contribution is -2.36. The van der Waals surface area contributed by atoms with E-state index in [4.69, 9.17) is 10.5 Å². The maximum absolute atomic E-state index is 5.96. The Balaban J connectivity index is 2.03. The van der Waals surface area contributed by atoms with Crippen molar-refractivity contribution in [2.75, 3.05) is 44.4 Å². The zero-order valence-electron chi connectivity index (χ0n) is 12.9. The average Bonchev–Trinajstić information content (AvgIpc) is 2.83. The summed E-state index contributed by atoms with van der Waals surface area (Å²) >= 11 is 0. The van der Waals surface area contributed by atoms with Gasteiger partial charge in [0, 0.05) is 31.4 Å². The van der Waals surface area contributed by atoms with E-state index >= 15 is 0 Å². The van der Waals surface area contributed by atoms with Crippen molar-refractivity contribution < 1.29 is 4.74 Å². The lowest BCUT2D eigenvalue weighted by Gasteiger charge is -2.27. The molecule has 1 atom stereocenters. The van der Waals surface area contributed by atoms with Gasteiger partial charge in [-0.25, -0.2) is 0 Å². The summed E-state index contributed by atoms with van der Waals surface area (Å²) < 4.78 is 5.71. The molecule has 1 unspecified atom stereocenters. The molecule has 1 fully saturated rings. The number of likely N-dealkylation sites (N-methyl/N-ethyl adjacent to an activating group) is 2. The number of nitrogen functional groups attached to an aromatic ring is 1. The van der Waals surface area contributed by atoms with E-state index in [1.54, 1.807) is 0 Å². The van der Waals surface area contributed by atoms with Crippen LogP contribution in [0.3, 0.4) is 0 Å². The number of hydrogen-bond acceptors (Lipinski definition) is 4. The summed E-state index contributed by atoms with van der Waals surface area (Å²) in [6.07, 6.45) is 3.59. The maximum Gasteiger partial charge on any atom is 0.144 e. The second-order valence-electron chi connectivity index (χ2n) is 5.73. The zero-order valence-corrected chi connectivity index (χ0v) is 12.9. The van der Waals surface area contributed by atoms with Gasteiger partial charge in [0.25, 0.3) is 0 Å². The van der Waals surface area contributed by atoms with Crippen LogP contribution in [0.2, 0.25) is 0 Å². The summed E-state index contributed by atoms with van der Waals surface area (Å²) in [4.78, 5) is 4.74. The fourth-order valence-electron chi connectivity index (χ4n) is 2.73. The van der Waals surface area contributed by atoms with E-state index in [0.29, 0.717) is 18.3 Å². The van der Waals surface area contributed by atoms with Gasteiger partial charge in [-0.1, -0.05) is 6.92 Å². The number of anilines is 2. The van der Waals surface area contributed by atoms with Gasteiger partial charge in [0.2, 0.25) is 0 Å². The highest BCUT2D eigenvalue weighted by Gasteiger charge is 2.22. The Labute approximate surface area is 122 Å². The minimum absolute atomic E-state index is 0.651. The number of hydrogen-bond donors (Lipinski definition) is 1. The van der Waals surface area contributed by atoms with Crippen LogP contribution in [-0.4, -0.2) is 44.7 Å². The molecule has 1 saturated heterocycles. The molecule has 20 heavy (non-hydrogen) atoms. The van der Waals surface area contributed by atoms with Gasteiger partial charge in [-0.2, -0.15) is 0 Å². The highest BCUT2D eigenvalue weighted by atomic mass is 16.5. The highest BCUT2D eigenvalue weighted by molar-refractivity contribution is 5.62. The Morgan fingerprint density at radius 3 is 2.90 bits per heavy atom. The number of rotatable bonds is 6. The van der Waals surface area contributed by atoms with E-state index in [1.807, 2.05) is 6.07 Å². The Kier molecular flexibility index (Phi) is 5.12. The first-order valence-electron chi connectivity index (χ1n) is 7.55. The third kappa shape index (κ3) is 3.57. The Morgan fingerprint density at radius 2 is 2.25 bits per heavy atom. The Hall–Kier alpha value is -1.42. The van der Waals surface area contributed by atoms with Gasteiger partial charge in [-0.05, 0) is 45.0 Å². The fraction of sp³-hybridized carbons (Fsp3) is 0.625. The zero-order chi connectivity index (χ0) is 14.5. The van der Waals surface area contributed by atoms with Crippen molar-refractivity contribution in [1.82, 2.24) is 4.90 Å². The number of ether oxygens (including phenoxy) is 1. The van der Waals surface area contributed by atoms with Crippen molar-refractivity contribution in [3.63, 3.8) is 0 Å². The molecule has 4 nitrogen and oxygen atoms in total. The normalized spacial score (nSPS) is 19.2. The molecule has 2 N–H and O–H groups in total. The summed E-state index contributed by atoms with van der Waals surface area (Å²) in [6.45, 7) is 5.07. The molecule has 0 aromatic heterocycles. The van der Waals surface area contributed by atoms with E-state index in [9.17, 15) is 0 Å². The van der Waals surface area contributed by atoms with Crippen molar-refractivity contribution >= 4 is 11.4 Å². The Morgan fingerprint density at radius 1 is 1.45 bits per heavy atom. The average molecular weight is 277 g/mol. The predicted octanol–water partition coefficient (Wildman–Crippen LogP) is 2.59. The van der Waals surface area contributed by atoms with Gasteiger partial charge in [-0.3, -0.25) is 0 Å². The molecule has 0 spiro atoms. The van der Waals surface area contributed by atoms with Crippen LogP contribution in [0.15, 0.2) is 18.2 Å². The largest absolute Gasteiger partial charge is 0.491 e. The van der Waals surface area contributed by atoms with Crippen LogP contribution in [0.4, 0.5) is 11.4 Å². The first-order chi connectivity index (χ1) is 9.61. The minimum atomic E-state index is 0.651. The summed E-state index contributed by atoms with van der Waals surface area (Å²) in [6, 6.07) is 6.72. The molecule has 0 saturated carbocycles. The third-order valence-corrected chi connectivity index (χ3v) is 4.06. The molecular weight excluding hydrogens is 250 g/mol. The molecule has 1 aromatic carbocycles. The van der Waals surface area contributed by atoms with Crippen LogP contribution >= 0.6 is 0 Å². The lowest BCUT2D eigenvalue weighted by atomic mass is 10.2. The number of nitrogens with zero attached hydrogens (tertiary/aromatic N) is 2. The molecule has 4 heteroatoms. The van der Waals surface area contributed by atoms with Gasteiger partial charge < -0.3 is 20.3 Å². The smallest absolute Gasteiger partial charge is 0.144 e. The number of benzene rings is 1. The fourth-order valence-corrected chi connectivity index (χ4v) is 2.73. The van der Waals surface area contributed by atoms with Crippen LogP contribution in [0.1, 0.15) is 26.2 Å². The summed E-state index contributed by atoms with van der Waals surface area (Å²) in [7, 11) is 4.35. The third-order valence-electron chi connectivity index (χ3n) is 4.06. The van der Waals surface area contributed by atoms with Crippen LogP contribution in [-0.2, 0) is 0 Å². The van der Waals surface area contributed by atoms with Crippen LogP contribution in [0.5, 0.6) is 5.75 Å². The molecule has 0 bridgehead atoms. The second-order valence-corrected chi connectivity index (χ2v) is 5.73. The molecule has 2 rings (SSSR count). The molecular formula is C16H27N3O. The predicted molar refractivity (Wildman–Crippen MR) is 85.6 cm³/mol. The van der Waals surface area contributed by atoms with Crippen molar-refractivity contribution in [3.05, 3.63) is 18.2 Å². The number of likely N-dealkylation sites (tertiary alicyclic amines) is 1. The van der Waals surface area contributed by atoms with Gasteiger partial charge in [0.05, 0.1) is 12.3 Å². The highest BCUT2D eigenvalue weighted by Crippen LogP contribution is 2.28. The van der Waals surface area contributed by atoms with Crippen molar-refractivity contribution in [3.8, 4) is 5.75 Å². The van der Waals surface area contributed by atoms with E-state index in [1.165, 1.54) is 25.1 Å². The quantitative estimate of drug-likeness (QED) is 0.812. The topological polar surface area (TPSA) is 41.7 Å². The molecule has 1 aromatic rings. The SMILES string of the molecule is CCCOc1cc(N(C)CC2CCCN2C)ccc1N.